The number of ketones is 1. The first-order valence-corrected chi connectivity index (χ1v) is 7.15. The first kappa shape index (κ1) is 14.8. The van der Waals surface area contributed by atoms with Gasteiger partial charge in [0.15, 0.2) is 5.60 Å². The van der Waals surface area contributed by atoms with Crippen LogP contribution in [-0.2, 0) is 19.9 Å². The molecule has 1 N–H and O–H groups in total. The van der Waals surface area contributed by atoms with Crippen LogP contribution in [0, 0.1) is 5.82 Å². The van der Waals surface area contributed by atoms with Crippen molar-refractivity contribution in [3.63, 3.8) is 0 Å². The normalized spacial score (nSPS) is 25.1. The first-order chi connectivity index (χ1) is 10.3. The van der Waals surface area contributed by atoms with Crippen molar-refractivity contribution in [1.29, 1.82) is 0 Å². The number of carbonyl (C=O) groups excluding carboxylic acids is 2. The minimum Gasteiger partial charge on any atom is -0.501 e. The zero-order valence-corrected chi connectivity index (χ0v) is 12.5. The van der Waals surface area contributed by atoms with Crippen molar-refractivity contribution in [2.45, 2.75) is 25.4 Å². The molecular weight excluding hydrogens is 313 g/mol. The van der Waals surface area contributed by atoms with Gasteiger partial charge in [-0.1, -0.05) is 17.7 Å². The number of aliphatic hydroxyl groups excluding tert-OH is 1. The molecule has 22 heavy (non-hydrogen) atoms. The number of carbonyl (C=O) groups is 2. The van der Waals surface area contributed by atoms with Crippen molar-refractivity contribution >= 4 is 23.3 Å². The van der Waals surface area contributed by atoms with Gasteiger partial charge < -0.3 is 9.84 Å². The molecule has 7 heteroatoms. The van der Waals surface area contributed by atoms with E-state index in [1.165, 1.54) is 24.0 Å². The second-order valence-corrected chi connectivity index (χ2v) is 5.80. The van der Waals surface area contributed by atoms with Gasteiger partial charge in [0.1, 0.15) is 5.82 Å². The molecule has 5 nitrogen and oxygen atoms in total. The number of rotatable bonds is 2. The number of nitrogens with zero attached hydrogens (tertiary/aromatic N) is 1. The lowest BCUT2D eigenvalue weighted by Gasteiger charge is -2.26. The highest BCUT2D eigenvalue weighted by molar-refractivity contribution is 6.30. The molecule has 1 amide bonds. The van der Waals surface area contributed by atoms with Crippen molar-refractivity contribution in [3.8, 4) is 0 Å². The highest BCUT2D eigenvalue weighted by atomic mass is 35.5. The van der Waals surface area contributed by atoms with Crippen molar-refractivity contribution in [3.05, 3.63) is 46.2 Å². The maximum absolute atomic E-state index is 13.6. The van der Waals surface area contributed by atoms with Crippen LogP contribution in [0.3, 0.4) is 0 Å². The standard InChI is InChI=1S/C15H13ClFNO4/c1-15(8-4-5-9(16)10(17)7-8)13(21)12(20)14(22-15)18-6-2-3-11(18)19/h4-5,7,20H,2-3,6H2,1H3. The van der Waals surface area contributed by atoms with Crippen molar-refractivity contribution in [2.24, 2.45) is 0 Å². The van der Waals surface area contributed by atoms with E-state index < -0.39 is 23.0 Å². The Kier molecular flexibility index (Phi) is 3.36. The highest BCUT2D eigenvalue weighted by Crippen LogP contribution is 2.40. The Labute approximate surface area is 130 Å². The van der Waals surface area contributed by atoms with Crippen LogP contribution in [-0.4, -0.2) is 28.2 Å². The Morgan fingerprint density at radius 3 is 2.73 bits per heavy atom. The fourth-order valence-electron chi connectivity index (χ4n) is 2.64. The Morgan fingerprint density at radius 1 is 1.41 bits per heavy atom. The summed E-state index contributed by atoms with van der Waals surface area (Å²) in [6.45, 7) is 1.79. The number of Topliss-reactive ketones (excluding diaryl/α,β-unsaturated/α-hetero) is 1. The summed E-state index contributed by atoms with van der Waals surface area (Å²) in [4.78, 5) is 25.4. The van der Waals surface area contributed by atoms with Gasteiger partial charge in [0.2, 0.25) is 17.5 Å². The lowest BCUT2D eigenvalue weighted by molar-refractivity contribution is -0.136. The van der Waals surface area contributed by atoms with Gasteiger partial charge in [-0.05, 0) is 25.5 Å². The third-order valence-electron chi connectivity index (χ3n) is 3.94. The third kappa shape index (κ3) is 2.06. The molecule has 2 aliphatic rings. The fraction of sp³-hybridized carbons (Fsp3) is 0.333. The van der Waals surface area contributed by atoms with Gasteiger partial charge in [-0.25, -0.2) is 4.39 Å². The first-order valence-electron chi connectivity index (χ1n) is 6.77. The van der Waals surface area contributed by atoms with Gasteiger partial charge in [-0.2, -0.15) is 0 Å². The molecule has 0 saturated carbocycles. The van der Waals surface area contributed by atoms with Gasteiger partial charge in [0.25, 0.3) is 5.78 Å². The lowest BCUT2D eigenvalue weighted by Crippen LogP contribution is -2.32. The topological polar surface area (TPSA) is 66.8 Å². The molecule has 0 bridgehead atoms. The molecule has 2 heterocycles. The SMILES string of the molecule is CC1(c2ccc(Cl)c(F)c2)OC(N2CCCC2=O)=C(O)C1=O. The van der Waals surface area contributed by atoms with Gasteiger partial charge in [0, 0.05) is 18.5 Å². The molecule has 3 rings (SSSR count). The predicted molar refractivity (Wildman–Crippen MR) is 75.5 cm³/mol. The summed E-state index contributed by atoms with van der Waals surface area (Å²) in [6.07, 6.45) is 0.958. The Bertz CT molecular complexity index is 717. The van der Waals surface area contributed by atoms with E-state index in [1.807, 2.05) is 0 Å². The van der Waals surface area contributed by atoms with E-state index in [0.29, 0.717) is 19.4 Å². The fourth-order valence-corrected chi connectivity index (χ4v) is 2.76. The smallest absolute Gasteiger partial charge is 0.250 e. The van der Waals surface area contributed by atoms with Crippen LogP contribution < -0.4 is 0 Å². The monoisotopic (exact) mass is 325 g/mol. The largest absolute Gasteiger partial charge is 0.501 e. The van der Waals surface area contributed by atoms with Crippen molar-refractivity contribution < 1.29 is 23.8 Å². The van der Waals surface area contributed by atoms with E-state index in [9.17, 15) is 19.1 Å². The number of likely N-dealkylation sites (tertiary alicyclic amines) is 1. The summed E-state index contributed by atoms with van der Waals surface area (Å²) < 4.78 is 19.2. The molecule has 1 atom stereocenters. The molecule has 0 aromatic heterocycles. The maximum Gasteiger partial charge on any atom is 0.250 e. The maximum atomic E-state index is 13.6. The molecule has 1 fully saturated rings. The van der Waals surface area contributed by atoms with E-state index in [4.69, 9.17) is 16.3 Å². The van der Waals surface area contributed by atoms with Crippen LogP contribution in [0.4, 0.5) is 4.39 Å². The van der Waals surface area contributed by atoms with Crippen LogP contribution in [0.5, 0.6) is 0 Å². The van der Waals surface area contributed by atoms with Crippen LogP contribution in [0.25, 0.3) is 0 Å². The van der Waals surface area contributed by atoms with Gasteiger partial charge >= 0.3 is 0 Å². The average molecular weight is 326 g/mol. The molecule has 1 aromatic carbocycles. The van der Waals surface area contributed by atoms with E-state index in [1.54, 1.807) is 0 Å². The zero-order chi connectivity index (χ0) is 16.1. The number of halogens is 2. The van der Waals surface area contributed by atoms with Gasteiger partial charge in [-0.3, -0.25) is 14.5 Å². The second-order valence-electron chi connectivity index (χ2n) is 5.40. The summed E-state index contributed by atoms with van der Waals surface area (Å²) in [5, 5.41) is 9.97. The van der Waals surface area contributed by atoms with Gasteiger partial charge in [0.05, 0.1) is 5.02 Å². The molecule has 1 saturated heterocycles. The second kappa shape index (κ2) is 4.98. The molecule has 0 aliphatic carbocycles. The molecule has 116 valence electrons. The Morgan fingerprint density at radius 2 is 2.14 bits per heavy atom. The number of hydrogen-bond donors (Lipinski definition) is 1. The number of aliphatic hydroxyl groups is 1. The minimum atomic E-state index is -1.59. The predicted octanol–water partition coefficient (Wildman–Crippen LogP) is 2.64. The highest BCUT2D eigenvalue weighted by Gasteiger charge is 2.50. The molecule has 1 unspecified atom stereocenters. The average Bonchev–Trinajstić information content (AvgIpc) is 3.00. The number of hydrogen-bond acceptors (Lipinski definition) is 4. The minimum absolute atomic E-state index is 0.0788. The summed E-state index contributed by atoms with van der Waals surface area (Å²) >= 11 is 5.64. The molecular formula is C15H13ClFNO4. The summed E-state index contributed by atoms with van der Waals surface area (Å²) in [5.74, 6) is -2.41. The van der Waals surface area contributed by atoms with E-state index in [-0.39, 0.29) is 22.4 Å². The summed E-state index contributed by atoms with van der Waals surface area (Å²) in [5.41, 5.74) is -1.37. The van der Waals surface area contributed by atoms with Crippen LogP contribution in [0.15, 0.2) is 29.8 Å². The van der Waals surface area contributed by atoms with Crippen LogP contribution in [0.2, 0.25) is 5.02 Å². The Balaban J connectivity index is 1.99. The summed E-state index contributed by atoms with van der Waals surface area (Å²) in [7, 11) is 0. The molecule has 0 spiro atoms. The lowest BCUT2D eigenvalue weighted by atomic mass is 9.91. The van der Waals surface area contributed by atoms with Crippen LogP contribution in [0.1, 0.15) is 25.3 Å². The van der Waals surface area contributed by atoms with Crippen molar-refractivity contribution in [2.75, 3.05) is 6.54 Å². The number of amides is 1. The Hall–Kier alpha value is -2.08. The third-order valence-corrected chi connectivity index (χ3v) is 4.25. The molecule has 0 radical (unpaired) electrons. The van der Waals surface area contributed by atoms with Crippen LogP contribution >= 0.6 is 11.6 Å². The molecule has 2 aliphatic heterocycles. The van der Waals surface area contributed by atoms with E-state index in [2.05, 4.69) is 0 Å². The van der Waals surface area contributed by atoms with Gasteiger partial charge in [-0.15, -0.1) is 0 Å². The quantitative estimate of drug-likeness (QED) is 0.907. The molecule has 1 aromatic rings. The van der Waals surface area contributed by atoms with Crippen molar-refractivity contribution in [1.82, 2.24) is 4.90 Å². The number of ether oxygens (including phenoxy) is 1. The van der Waals surface area contributed by atoms with E-state index in [0.717, 1.165) is 6.07 Å². The van der Waals surface area contributed by atoms with E-state index >= 15 is 0 Å². The summed E-state index contributed by atoms with van der Waals surface area (Å²) in [6, 6.07) is 3.84. The zero-order valence-electron chi connectivity index (χ0n) is 11.7. The number of benzene rings is 1.